The molecule has 2 heterocycles. The minimum absolute atomic E-state index is 0.0182. The van der Waals surface area contributed by atoms with Gasteiger partial charge in [0.1, 0.15) is 6.54 Å². The van der Waals surface area contributed by atoms with Crippen molar-refractivity contribution in [2.24, 2.45) is 11.0 Å². The average molecular weight is 537 g/mol. The molecule has 5 rings (SSSR count). The monoisotopic (exact) mass is 536 g/mol. The van der Waals surface area contributed by atoms with Gasteiger partial charge in [0.2, 0.25) is 5.91 Å². The zero-order chi connectivity index (χ0) is 26.6. The quantitative estimate of drug-likeness (QED) is 0.495. The molecule has 1 saturated carbocycles. The number of hydrazone groups is 1. The lowest BCUT2D eigenvalue weighted by molar-refractivity contribution is -0.145. The SMILES string of the molecule is Cc1ccc(C2=NN(C(=O)CN(CCN3CCOCC3)C(=O)C3CCC3)[C@@H](c3ccccc3Cl)C2)cc1C. The van der Waals surface area contributed by atoms with Gasteiger partial charge in [0.05, 0.1) is 25.0 Å². The molecule has 3 aliphatic rings. The van der Waals surface area contributed by atoms with Crippen molar-refractivity contribution in [3.05, 3.63) is 69.7 Å². The molecule has 8 heteroatoms. The van der Waals surface area contributed by atoms with Gasteiger partial charge in [0.25, 0.3) is 5.91 Å². The van der Waals surface area contributed by atoms with Gasteiger partial charge in [-0.25, -0.2) is 5.01 Å². The molecule has 1 aliphatic carbocycles. The number of carbonyl (C=O) groups excluding carboxylic acids is 2. The number of rotatable bonds is 8. The van der Waals surface area contributed by atoms with E-state index in [4.69, 9.17) is 21.4 Å². The molecule has 202 valence electrons. The van der Waals surface area contributed by atoms with Crippen LogP contribution in [0.3, 0.4) is 0 Å². The molecule has 1 saturated heterocycles. The Hall–Kier alpha value is -2.74. The summed E-state index contributed by atoms with van der Waals surface area (Å²) in [7, 11) is 0. The van der Waals surface area contributed by atoms with E-state index < -0.39 is 0 Å². The maximum absolute atomic E-state index is 13.9. The van der Waals surface area contributed by atoms with Gasteiger partial charge in [0, 0.05) is 43.5 Å². The fraction of sp³-hybridized carbons (Fsp3) is 0.500. The largest absolute Gasteiger partial charge is 0.379 e. The molecule has 1 atom stereocenters. The molecule has 0 bridgehead atoms. The van der Waals surface area contributed by atoms with Crippen molar-refractivity contribution in [3.63, 3.8) is 0 Å². The molecule has 2 amide bonds. The minimum Gasteiger partial charge on any atom is -0.379 e. The number of carbonyl (C=O) groups is 2. The Bertz CT molecular complexity index is 1210. The topological polar surface area (TPSA) is 65.5 Å². The van der Waals surface area contributed by atoms with Crippen LogP contribution >= 0.6 is 11.6 Å². The van der Waals surface area contributed by atoms with Crippen LogP contribution in [0, 0.1) is 19.8 Å². The summed E-state index contributed by atoms with van der Waals surface area (Å²) in [6.07, 6.45) is 3.46. The van der Waals surface area contributed by atoms with Crippen molar-refractivity contribution in [3.8, 4) is 0 Å². The van der Waals surface area contributed by atoms with Gasteiger partial charge in [-0.1, -0.05) is 48.4 Å². The van der Waals surface area contributed by atoms with E-state index in [2.05, 4.69) is 36.9 Å². The summed E-state index contributed by atoms with van der Waals surface area (Å²) >= 11 is 6.60. The summed E-state index contributed by atoms with van der Waals surface area (Å²) in [4.78, 5) is 31.3. The number of morpholine rings is 1. The van der Waals surface area contributed by atoms with E-state index in [9.17, 15) is 9.59 Å². The first-order valence-electron chi connectivity index (χ1n) is 13.7. The summed E-state index contributed by atoms with van der Waals surface area (Å²) in [5.41, 5.74) is 5.14. The summed E-state index contributed by atoms with van der Waals surface area (Å²) < 4.78 is 5.47. The lowest BCUT2D eigenvalue weighted by Crippen LogP contribution is -2.49. The highest BCUT2D eigenvalue weighted by molar-refractivity contribution is 6.31. The number of benzene rings is 2. The number of hydrogen-bond donors (Lipinski definition) is 0. The van der Waals surface area contributed by atoms with Crippen molar-refractivity contribution >= 4 is 29.1 Å². The van der Waals surface area contributed by atoms with Crippen LogP contribution in [0.5, 0.6) is 0 Å². The Labute approximate surface area is 230 Å². The van der Waals surface area contributed by atoms with E-state index in [1.54, 1.807) is 9.91 Å². The average Bonchev–Trinajstić information content (AvgIpc) is 3.33. The molecule has 2 aliphatic heterocycles. The fourth-order valence-corrected chi connectivity index (χ4v) is 5.59. The van der Waals surface area contributed by atoms with Gasteiger partial charge in [-0.2, -0.15) is 5.10 Å². The van der Waals surface area contributed by atoms with Gasteiger partial charge in [-0.3, -0.25) is 14.5 Å². The summed E-state index contributed by atoms with van der Waals surface area (Å²) in [5, 5.41) is 7.03. The van der Waals surface area contributed by atoms with Crippen LogP contribution < -0.4 is 0 Å². The van der Waals surface area contributed by atoms with Gasteiger partial charge < -0.3 is 9.64 Å². The number of hydrogen-bond acceptors (Lipinski definition) is 5. The lowest BCUT2D eigenvalue weighted by atomic mass is 9.84. The van der Waals surface area contributed by atoms with E-state index in [0.717, 1.165) is 55.7 Å². The first-order chi connectivity index (χ1) is 18.4. The van der Waals surface area contributed by atoms with Crippen LogP contribution in [-0.2, 0) is 14.3 Å². The predicted molar refractivity (Wildman–Crippen MR) is 149 cm³/mol. The molecule has 0 unspecified atom stereocenters. The molecule has 2 aromatic carbocycles. The Morgan fingerprint density at radius 1 is 1.08 bits per heavy atom. The van der Waals surface area contributed by atoms with E-state index in [1.807, 2.05) is 24.3 Å². The predicted octanol–water partition coefficient (Wildman–Crippen LogP) is 4.60. The van der Waals surface area contributed by atoms with Crippen LogP contribution in [0.15, 0.2) is 47.6 Å². The highest BCUT2D eigenvalue weighted by atomic mass is 35.5. The number of aryl methyl sites for hydroxylation is 2. The number of amides is 2. The van der Waals surface area contributed by atoms with E-state index in [0.29, 0.717) is 31.2 Å². The lowest BCUT2D eigenvalue weighted by Gasteiger charge is -2.34. The molecule has 0 N–H and O–H groups in total. The van der Waals surface area contributed by atoms with Gasteiger partial charge in [-0.05, 0) is 61.1 Å². The van der Waals surface area contributed by atoms with Crippen LogP contribution in [-0.4, -0.2) is 78.3 Å². The summed E-state index contributed by atoms with van der Waals surface area (Å²) in [6, 6.07) is 13.6. The first kappa shape index (κ1) is 26.9. The second-order valence-corrected chi connectivity index (χ2v) is 11.1. The number of halogens is 1. The van der Waals surface area contributed by atoms with Crippen LogP contribution in [0.25, 0.3) is 0 Å². The molecule has 0 spiro atoms. The summed E-state index contributed by atoms with van der Waals surface area (Å²) in [5.74, 6) is -0.0619. The Morgan fingerprint density at radius 2 is 1.84 bits per heavy atom. The normalized spacial score (nSPS) is 20.2. The van der Waals surface area contributed by atoms with Crippen molar-refractivity contribution < 1.29 is 14.3 Å². The van der Waals surface area contributed by atoms with Crippen LogP contribution in [0.1, 0.15) is 54.0 Å². The van der Waals surface area contributed by atoms with Crippen molar-refractivity contribution in [1.29, 1.82) is 0 Å². The molecule has 2 aromatic rings. The molecule has 0 aromatic heterocycles. The highest BCUT2D eigenvalue weighted by Crippen LogP contribution is 2.37. The molecule has 0 radical (unpaired) electrons. The van der Waals surface area contributed by atoms with E-state index in [1.165, 1.54) is 11.1 Å². The summed E-state index contributed by atoms with van der Waals surface area (Å²) in [6.45, 7) is 8.57. The third-order valence-electron chi connectivity index (χ3n) is 8.15. The number of ether oxygens (including phenoxy) is 1. The highest BCUT2D eigenvalue weighted by Gasteiger charge is 2.37. The van der Waals surface area contributed by atoms with E-state index >= 15 is 0 Å². The molecular formula is C30H37ClN4O3. The maximum Gasteiger partial charge on any atom is 0.262 e. The Morgan fingerprint density at radius 3 is 2.53 bits per heavy atom. The second kappa shape index (κ2) is 12.0. The Balaban J connectivity index is 1.39. The third-order valence-corrected chi connectivity index (χ3v) is 8.50. The smallest absolute Gasteiger partial charge is 0.262 e. The fourth-order valence-electron chi connectivity index (χ4n) is 5.33. The zero-order valence-corrected chi connectivity index (χ0v) is 23.1. The molecule has 2 fully saturated rings. The second-order valence-electron chi connectivity index (χ2n) is 10.7. The van der Waals surface area contributed by atoms with Crippen molar-refractivity contribution in [1.82, 2.24) is 14.8 Å². The van der Waals surface area contributed by atoms with Crippen LogP contribution in [0.2, 0.25) is 5.02 Å². The molecule has 38 heavy (non-hydrogen) atoms. The van der Waals surface area contributed by atoms with E-state index in [-0.39, 0.29) is 30.3 Å². The maximum atomic E-state index is 13.9. The van der Waals surface area contributed by atoms with Crippen molar-refractivity contribution in [2.75, 3.05) is 45.9 Å². The van der Waals surface area contributed by atoms with Crippen LogP contribution in [0.4, 0.5) is 0 Å². The first-order valence-corrected chi connectivity index (χ1v) is 14.1. The van der Waals surface area contributed by atoms with Gasteiger partial charge in [0.15, 0.2) is 0 Å². The minimum atomic E-state index is -0.312. The van der Waals surface area contributed by atoms with Crippen molar-refractivity contribution in [2.45, 2.75) is 45.6 Å². The third kappa shape index (κ3) is 5.95. The number of nitrogens with zero attached hydrogens (tertiary/aromatic N) is 4. The zero-order valence-electron chi connectivity index (χ0n) is 22.4. The molecule has 7 nitrogen and oxygen atoms in total. The standard InChI is InChI=1S/C30H37ClN4O3/c1-21-10-11-24(18-22(21)2)27-19-28(25-8-3-4-9-26(25)31)35(32-27)29(36)20-34(30(37)23-6-5-7-23)13-12-33-14-16-38-17-15-33/h3-4,8-11,18,23,28H,5-7,12-17,19-20H2,1-2H3/t28-/m1/s1. The Kier molecular flexibility index (Phi) is 8.46. The van der Waals surface area contributed by atoms with Gasteiger partial charge >= 0.3 is 0 Å². The van der Waals surface area contributed by atoms with Gasteiger partial charge in [-0.15, -0.1) is 0 Å². The molecular weight excluding hydrogens is 500 g/mol.